The van der Waals surface area contributed by atoms with Gasteiger partial charge >= 0.3 is 0 Å². The Morgan fingerprint density at radius 2 is 1.89 bits per heavy atom. The van der Waals surface area contributed by atoms with E-state index in [0.29, 0.717) is 13.2 Å². The lowest BCUT2D eigenvalue weighted by atomic mass is 10.1. The molecule has 1 aromatic heterocycles. The summed E-state index contributed by atoms with van der Waals surface area (Å²) in [7, 11) is 0. The number of nitrogens with one attached hydrogen (secondary N) is 1. The van der Waals surface area contributed by atoms with E-state index in [1.165, 1.54) is 0 Å². The molecule has 144 valence electrons. The van der Waals surface area contributed by atoms with Crippen LogP contribution in [0.3, 0.4) is 0 Å². The molecule has 1 heterocycles. The highest BCUT2D eigenvalue weighted by atomic mass is 16.5. The summed E-state index contributed by atoms with van der Waals surface area (Å²) in [5.41, 5.74) is 3.93. The summed E-state index contributed by atoms with van der Waals surface area (Å²) in [4.78, 5) is 16.3. The molecule has 2 aromatic carbocycles. The molecule has 1 amide bonds. The van der Waals surface area contributed by atoms with Crippen LogP contribution >= 0.6 is 0 Å². The average molecular weight is 376 g/mol. The number of nitrogens with zero attached hydrogens (tertiary/aromatic N) is 1. The zero-order chi connectivity index (χ0) is 19.8. The van der Waals surface area contributed by atoms with Gasteiger partial charge in [-0.3, -0.25) is 9.78 Å². The lowest BCUT2D eigenvalue weighted by Crippen LogP contribution is -2.28. The first-order valence-electron chi connectivity index (χ1n) is 9.18. The minimum absolute atomic E-state index is 0.0137. The Morgan fingerprint density at radius 3 is 2.71 bits per heavy atom. The number of hydrogen-bond acceptors (Lipinski definition) is 4. The van der Waals surface area contributed by atoms with Crippen molar-refractivity contribution in [2.45, 2.75) is 27.0 Å². The third-order valence-corrected chi connectivity index (χ3v) is 4.20. The normalized spacial score (nSPS) is 10.4. The summed E-state index contributed by atoms with van der Waals surface area (Å²) in [6.07, 6.45) is 1.74. The van der Waals surface area contributed by atoms with Gasteiger partial charge in [0.2, 0.25) is 0 Å². The van der Waals surface area contributed by atoms with Gasteiger partial charge in [-0.15, -0.1) is 0 Å². The van der Waals surface area contributed by atoms with E-state index in [4.69, 9.17) is 9.47 Å². The van der Waals surface area contributed by atoms with E-state index in [9.17, 15) is 4.79 Å². The topological polar surface area (TPSA) is 60.5 Å². The number of amides is 1. The largest absolute Gasteiger partial charge is 0.487 e. The van der Waals surface area contributed by atoms with E-state index in [-0.39, 0.29) is 12.5 Å². The number of aryl methyl sites for hydroxylation is 2. The van der Waals surface area contributed by atoms with Crippen LogP contribution in [0, 0.1) is 13.8 Å². The number of rotatable bonds is 8. The number of aromatic nitrogens is 1. The maximum Gasteiger partial charge on any atom is 0.258 e. The Balaban J connectivity index is 1.47. The van der Waals surface area contributed by atoms with Gasteiger partial charge in [0.25, 0.3) is 5.91 Å². The molecule has 1 N–H and O–H groups in total. The van der Waals surface area contributed by atoms with Crippen LogP contribution < -0.4 is 14.8 Å². The Hall–Kier alpha value is -3.34. The fourth-order valence-corrected chi connectivity index (χ4v) is 2.64. The molecule has 0 radical (unpaired) electrons. The van der Waals surface area contributed by atoms with Crippen molar-refractivity contribution in [1.82, 2.24) is 10.3 Å². The van der Waals surface area contributed by atoms with Crippen molar-refractivity contribution in [1.29, 1.82) is 0 Å². The molecule has 3 aromatic rings. The fraction of sp³-hybridized carbons (Fsp3) is 0.217. The van der Waals surface area contributed by atoms with Gasteiger partial charge in [0.15, 0.2) is 6.61 Å². The van der Waals surface area contributed by atoms with Crippen LogP contribution in [0.15, 0.2) is 66.9 Å². The molecule has 0 unspecified atom stereocenters. The molecular weight excluding hydrogens is 352 g/mol. The van der Waals surface area contributed by atoms with E-state index in [0.717, 1.165) is 33.9 Å². The number of ether oxygens (including phenoxy) is 2. The number of carbonyl (C=O) groups excluding carboxylic acids is 1. The molecule has 0 spiro atoms. The van der Waals surface area contributed by atoms with Gasteiger partial charge in [-0.05, 0) is 60.9 Å². The van der Waals surface area contributed by atoms with Crippen molar-refractivity contribution in [2.24, 2.45) is 0 Å². The quantitative estimate of drug-likeness (QED) is 0.646. The minimum Gasteiger partial charge on any atom is -0.487 e. The van der Waals surface area contributed by atoms with E-state index in [2.05, 4.69) is 10.3 Å². The van der Waals surface area contributed by atoms with Gasteiger partial charge in [-0.2, -0.15) is 0 Å². The molecule has 0 saturated carbocycles. The highest BCUT2D eigenvalue weighted by Crippen LogP contribution is 2.19. The molecule has 0 fully saturated rings. The van der Waals surface area contributed by atoms with Gasteiger partial charge in [0, 0.05) is 12.7 Å². The van der Waals surface area contributed by atoms with Gasteiger partial charge in [-0.1, -0.05) is 30.3 Å². The first-order valence-corrected chi connectivity index (χ1v) is 9.18. The molecule has 0 aliphatic heterocycles. The van der Waals surface area contributed by atoms with Gasteiger partial charge in [-0.25, -0.2) is 0 Å². The van der Waals surface area contributed by atoms with Gasteiger partial charge in [0.1, 0.15) is 18.1 Å². The van der Waals surface area contributed by atoms with Crippen molar-refractivity contribution >= 4 is 5.91 Å². The summed E-state index contributed by atoms with van der Waals surface area (Å²) < 4.78 is 11.4. The van der Waals surface area contributed by atoms with Crippen LogP contribution in [-0.4, -0.2) is 17.5 Å². The molecule has 5 nitrogen and oxygen atoms in total. The summed E-state index contributed by atoms with van der Waals surface area (Å²) in [5, 5.41) is 2.87. The molecule has 0 aliphatic rings. The highest BCUT2D eigenvalue weighted by Gasteiger charge is 2.06. The molecule has 0 atom stereocenters. The van der Waals surface area contributed by atoms with Crippen molar-refractivity contribution in [3.8, 4) is 11.5 Å². The maximum absolute atomic E-state index is 12.1. The second kappa shape index (κ2) is 9.55. The lowest BCUT2D eigenvalue weighted by Gasteiger charge is -2.11. The SMILES string of the molecule is Cc1ccc(C)c(OCC(=O)NCc2cccc(OCc3ccccn3)c2)c1. The Bertz CT molecular complexity index is 926. The smallest absolute Gasteiger partial charge is 0.258 e. The molecule has 0 saturated heterocycles. The third kappa shape index (κ3) is 5.84. The first kappa shape index (κ1) is 19.4. The standard InChI is InChI=1S/C23H24N2O3/c1-17-9-10-18(2)22(12-17)28-16-23(26)25-14-19-6-5-8-21(13-19)27-15-20-7-3-4-11-24-20/h3-13H,14-16H2,1-2H3,(H,25,26). The molecule has 5 heteroatoms. The predicted molar refractivity (Wildman–Crippen MR) is 108 cm³/mol. The minimum atomic E-state index is -0.166. The summed E-state index contributed by atoms with van der Waals surface area (Å²) in [5.74, 6) is 1.31. The molecule has 0 bridgehead atoms. The van der Waals surface area contributed by atoms with E-state index >= 15 is 0 Å². The number of carbonyl (C=O) groups is 1. The molecule has 0 aliphatic carbocycles. The summed E-state index contributed by atoms with van der Waals surface area (Å²) in [6.45, 7) is 4.76. The Labute approximate surface area is 165 Å². The van der Waals surface area contributed by atoms with Gasteiger partial charge in [0.05, 0.1) is 5.69 Å². The molecular formula is C23H24N2O3. The summed E-state index contributed by atoms with van der Waals surface area (Å²) >= 11 is 0. The number of pyridine rings is 1. The fourth-order valence-electron chi connectivity index (χ4n) is 2.64. The lowest BCUT2D eigenvalue weighted by molar-refractivity contribution is -0.123. The Morgan fingerprint density at radius 1 is 1.00 bits per heavy atom. The van der Waals surface area contributed by atoms with Crippen LogP contribution in [0.1, 0.15) is 22.4 Å². The van der Waals surface area contributed by atoms with Crippen molar-refractivity contribution in [3.05, 3.63) is 89.2 Å². The van der Waals surface area contributed by atoms with Crippen molar-refractivity contribution < 1.29 is 14.3 Å². The van der Waals surface area contributed by atoms with E-state index in [1.807, 2.05) is 74.5 Å². The second-order valence-electron chi connectivity index (χ2n) is 6.59. The van der Waals surface area contributed by atoms with Crippen LogP contribution in [0.5, 0.6) is 11.5 Å². The van der Waals surface area contributed by atoms with Crippen LogP contribution in [0.25, 0.3) is 0 Å². The van der Waals surface area contributed by atoms with Crippen LogP contribution in [0.2, 0.25) is 0 Å². The van der Waals surface area contributed by atoms with Crippen LogP contribution in [-0.2, 0) is 17.9 Å². The van der Waals surface area contributed by atoms with Crippen molar-refractivity contribution in [2.75, 3.05) is 6.61 Å². The van der Waals surface area contributed by atoms with Gasteiger partial charge < -0.3 is 14.8 Å². The maximum atomic E-state index is 12.1. The monoisotopic (exact) mass is 376 g/mol. The highest BCUT2D eigenvalue weighted by molar-refractivity contribution is 5.77. The predicted octanol–water partition coefficient (Wildman–Crippen LogP) is 3.97. The number of hydrogen-bond donors (Lipinski definition) is 1. The first-order chi connectivity index (χ1) is 13.6. The van der Waals surface area contributed by atoms with E-state index < -0.39 is 0 Å². The van der Waals surface area contributed by atoms with Crippen molar-refractivity contribution in [3.63, 3.8) is 0 Å². The summed E-state index contributed by atoms with van der Waals surface area (Å²) in [6, 6.07) is 19.3. The average Bonchev–Trinajstić information content (AvgIpc) is 2.72. The second-order valence-corrected chi connectivity index (χ2v) is 6.59. The van der Waals surface area contributed by atoms with Crippen LogP contribution in [0.4, 0.5) is 0 Å². The molecule has 28 heavy (non-hydrogen) atoms. The molecule has 3 rings (SSSR count). The zero-order valence-electron chi connectivity index (χ0n) is 16.1. The number of benzene rings is 2. The Kier molecular flexibility index (Phi) is 6.63. The zero-order valence-corrected chi connectivity index (χ0v) is 16.1. The third-order valence-electron chi connectivity index (χ3n) is 4.20. The van der Waals surface area contributed by atoms with E-state index in [1.54, 1.807) is 6.20 Å².